The molecule has 0 aliphatic carbocycles. The molecule has 3 aliphatic heterocycles. The normalized spacial score (nSPS) is 22.9. The molecule has 1 spiro atoms. The average molecular weight is 520 g/mol. The van der Waals surface area contributed by atoms with Crippen molar-refractivity contribution in [3.63, 3.8) is 0 Å². The number of benzene rings is 2. The molecular weight excluding hydrogens is 486 g/mol. The fourth-order valence-corrected chi connectivity index (χ4v) is 5.78. The summed E-state index contributed by atoms with van der Waals surface area (Å²) in [6, 6.07) is 13.8. The first-order valence-electron chi connectivity index (χ1n) is 13.2. The van der Waals surface area contributed by atoms with Gasteiger partial charge in [-0.2, -0.15) is 0 Å². The first kappa shape index (κ1) is 25.9. The number of carbonyl (C=O) groups excluding carboxylic acids is 3. The van der Waals surface area contributed by atoms with Gasteiger partial charge in [0.2, 0.25) is 0 Å². The van der Waals surface area contributed by atoms with E-state index >= 15 is 0 Å². The number of ether oxygens (including phenoxy) is 2. The van der Waals surface area contributed by atoms with Crippen LogP contribution < -0.4 is 9.64 Å². The van der Waals surface area contributed by atoms with Crippen LogP contribution in [-0.2, 0) is 24.7 Å². The van der Waals surface area contributed by atoms with E-state index in [0.717, 1.165) is 13.1 Å². The van der Waals surface area contributed by atoms with Gasteiger partial charge in [0.25, 0.3) is 17.6 Å². The predicted octanol–water partition coefficient (Wildman–Crippen LogP) is 2.75. The van der Waals surface area contributed by atoms with Crippen molar-refractivity contribution in [1.82, 2.24) is 9.80 Å². The van der Waals surface area contributed by atoms with Crippen LogP contribution in [0.5, 0.6) is 5.75 Å². The van der Waals surface area contributed by atoms with Crippen LogP contribution in [0, 0.1) is 0 Å². The number of aliphatic hydroxyl groups excluding tert-OH is 1. The maximum atomic E-state index is 14.3. The second-order valence-electron chi connectivity index (χ2n) is 9.55. The van der Waals surface area contributed by atoms with Crippen molar-refractivity contribution in [1.29, 1.82) is 0 Å². The third-order valence-electron chi connectivity index (χ3n) is 7.52. The molecule has 2 saturated heterocycles. The number of morpholine rings is 1. The largest absolute Gasteiger partial charge is 0.507 e. The summed E-state index contributed by atoms with van der Waals surface area (Å²) in [5.41, 5.74) is -0.414. The van der Waals surface area contributed by atoms with Crippen LogP contribution in [0.1, 0.15) is 31.4 Å². The Kier molecular flexibility index (Phi) is 7.23. The summed E-state index contributed by atoms with van der Waals surface area (Å²) in [5, 5.41) is 11.6. The van der Waals surface area contributed by atoms with Gasteiger partial charge in [0.1, 0.15) is 11.5 Å². The fraction of sp³-hybridized carbons (Fsp3) is 0.414. The lowest BCUT2D eigenvalue weighted by molar-refractivity contribution is -0.143. The third kappa shape index (κ3) is 4.06. The summed E-state index contributed by atoms with van der Waals surface area (Å²) in [6.07, 6.45) is 0.569. The van der Waals surface area contributed by atoms with Crippen LogP contribution >= 0.6 is 0 Å². The number of Topliss-reactive ketones (excluding diaryl/α,β-unsaturated/α-hetero) is 1. The van der Waals surface area contributed by atoms with E-state index in [4.69, 9.17) is 9.47 Å². The highest BCUT2D eigenvalue weighted by atomic mass is 16.5. The monoisotopic (exact) mass is 519 g/mol. The van der Waals surface area contributed by atoms with Gasteiger partial charge >= 0.3 is 0 Å². The minimum atomic E-state index is -1.73. The SMILES string of the molecule is CCOc1ccc(C(O)=C2C(=O)C(=O)N(CCCN3CCOCC3)[C@@]23C(=O)N(CC)c2ccccc23)cc1. The Hall–Kier alpha value is -3.69. The van der Waals surface area contributed by atoms with Gasteiger partial charge in [-0.25, -0.2) is 0 Å². The van der Waals surface area contributed by atoms with Gasteiger partial charge in [-0.3, -0.25) is 19.3 Å². The zero-order chi connectivity index (χ0) is 26.9. The lowest BCUT2D eigenvalue weighted by Crippen LogP contribution is -2.52. The second kappa shape index (κ2) is 10.6. The highest BCUT2D eigenvalue weighted by molar-refractivity contribution is 6.50. The van der Waals surface area contributed by atoms with E-state index in [9.17, 15) is 19.5 Å². The smallest absolute Gasteiger partial charge is 0.296 e. The van der Waals surface area contributed by atoms with E-state index < -0.39 is 23.1 Å². The van der Waals surface area contributed by atoms with Crippen LogP contribution in [0.4, 0.5) is 5.69 Å². The highest BCUT2D eigenvalue weighted by Gasteiger charge is 2.66. The molecule has 3 heterocycles. The minimum absolute atomic E-state index is 0.188. The molecule has 5 rings (SSSR count). The van der Waals surface area contributed by atoms with Crippen molar-refractivity contribution in [2.75, 3.05) is 57.4 Å². The Balaban J connectivity index is 1.62. The predicted molar refractivity (Wildman–Crippen MR) is 142 cm³/mol. The summed E-state index contributed by atoms with van der Waals surface area (Å²) in [4.78, 5) is 46.7. The van der Waals surface area contributed by atoms with Crippen LogP contribution in [0.15, 0.2) is 54.1 Å². The summed E-state index contributed by atoms with van der Waals surface area (Å²) in [7, 11) is 0. The zero-order valence-corrected chi connectivity index (χ0v) is 21.8. The molecule has 2 fully saturated rings. The number of hydrogen-bond donors (Lipinski definition) is 1. The number of ketones is 1. The molecule has 0 radical (unpaired) electrons. The van der Waals surface area contributed by atoms with Gasteiger partial charge in [-0.15, -0.1) is 0 Å². The number of aliphatic hydroxyl groups is 1. The van der Waals surface area contributed by atoms with Gasteiger partial charge in [0, 0.05) is 43.9 Å². The number of carbonyl (C=O) groups is 3. The summed E-state index contributed by atoms with van der Waals surface area (Å²) in [6.45, 7) is 8.38. The highest BCUT2D eigenvalue weighted by Crippen LogP contribution is 2.53. The Morgan fingerprint density at radius 3 is 2.39 bits per heavy atom. The molecule has 0 saturated carbocycles. The second-order valence-corrected chi connectivity index (χ2v) is 9.55. The number of hydrogen-bond acceptors (Lipinski definition) is 7. The van der Waals surface area contributed by atoms with Gasteiger partial charge < -0.3 is 24.4 Å². The molecule has 38 heavy (non-hydrogen) atoms. The van der Waals surface area contributed by atoms with Gasteiger partial charge in [0.05, 0.1) is 31.1 Å². The molecule has 0 unspecified atom stereocenters. The van der Waals surface area contributed by atoms with Crippen LogP contribution in [0.25, 0.3) is 5.76 Å². The molecule has 9 heteroatoms. The molecule has 2 aromatic rings. The van der Waals surface area contributed by atoms with E-state index in [1.54, 1.807) is 41.3 Å². The Labute approximate surface area is 222 Å². The number of para-hydroxylation sites is 1. The molecule has 0 aromatic heterocycles. The van der Waals surface area contributed by atoms with Crippen molar-refractivity contribution in [2.24, 2.45) is 0 Å². The summed E-state index contributed by atoms with van der Waals surface area (Å²) >= 11 is 0. The van der Waals surface area contributed by atoms with Crippen molar-refractivity contribution < 1.29 is 29.0 Å². The number of amides is 2. The number of fused-ring (bicyclic) bond motifs is 2. The average Bonchev–Trinajstić information content (AvgIpc) is 3.32. The summed E-state index contributed by atoms with van der Waals surface area (Å²) in [5.74, 6) is -1.80. The molecule has 2 aromatic carbocycles. The van der Waals surface area contributed by atoms with Gasteiger partial charge in [-0.05, 0) is 50.6 Å². The Bertz CT molecular complexity index is 1270. The lowest BCUT2D eigenvalue weighted by atomic mass is 9.82. The molecule has 0 bridgehead atoms. The number of nitrogens with zero attached hydrogens (tertiary/aromatic N) is 3. The molecule has 3 aliphatic rings. The van der Waals surface area contributed by atoms with Gasteiger partial charge in [-0.1, -0.05) is 18.2 Å². The standard InChI is InChI=1S/C29H33N3O6/c1-3-31-23-9-6-5-8-22(23)29(28(31)36)24(25(33)20-10-12-21(13-11-20)38-4-2)26(34)27(35)32(29)15-7-14-30-16-18-37-19-17-30/h5-6,8-13,33H,3-4,7,14-19H2,1-2H3/t29-/m1/s1. The first-order valence-corrected chi connectivity index (χ1v) is 13.2. The number of likely N-dealkylation sites (N-methyl/N-ethyl adjacent to an activating group) is 1. The van der Waals surface area contributed by atoms with Crippen LogP contribution in [0.3, 0.4) is 0 Å². The molecule has 200 valence electrons. The lowest BCUT2D eigenvalue weighted by Gasteiger charge is -2.35. The Morgan fingerprint density at radius 1 is 1.00 bits per heavy atom. The van der Waals surface area contributed by atoms with Crippen molar-refractivity contribution >= 4 is 29.0 Å². The first-order chi connectivity index (χ1) is 18.4. The quantitative estimate of drug-likeness (QED) is 0.325. The number of rotatable bonds is 8. The van der Waals surface area contributed by atoms with Crippen LogP contribution in [-0.4, -0.2) is 85.0 Å². The summed E-state index contributed by atoms with van der Waals surface area (Å²) < 4.78 is 10.9. The van der Waals surface area contributed by atoms with Crippen molar-refractivity contribution in [3.8, 4) is 5.75 Å². The topological polar surface area (TPSA) is 99.6 Å². The number of anilines is 1. The van der Waals surface area contributed by atoms with E-state index in [-0.39, 0.29) is 17.9 Å². The molecule has 2 amide bonds. The maximum absolute atomic E-state index is 14.3. The minimum Gasteiger partial charge on any atom is -0.507 e. The molecule has 1 atom stereocenters. The van der Waals surface area contributed by atoms with Crippen molar-refractivity contribution in [3.05, 3.63) is 65.2 Å². The van der Waals surface area contributed by atoms with Crippen LogP contribution in [0.2, 0.25) is 0 Å². The Morgan fingerprint density at radius 2 is 1.71 bits per heavy atom. The third-order valence-corrected chi connectivity index (χ3v) is 7.52. The molecular formula is C29H33N3O6. The van der Waals surface area contributed by atoms with E-state index in [2.05, 4.69) is 4.90 Å². The van der Waals surface area contributed by atoms with E-state index in [0.29, 0.717) is 61.9 Å². The number of likely N-dealkylation sites (tertiary alicyclic amines) is 1. The maximum Gasteiger partial charge on any atom is 0.296 e. The van der Waals surface area contributed by atoms with E-state index in [1.807, 2.05) is 26.0 Å². The fourth-order valence-electron chi connectivity index (χ4n) is 5.78. The molecule has 9 nitrogen and oxygen atoms in total. The van der Waals surface area contributed by atoms with Crippen molar-refractivity contribution in [2.45, 2.75) is 25.8 Å². The molecule has 1 N–H and O–H groups in total. The zero-order valence-electron chi connectivity index (χ0n) is 21.8. The van der Waals surface area contributed by atoms with Gasteiger partial charge in [0.15, 0.2) is 5.54 Å². The van der Waals surface area contributed by atoms with E-state index in [1.165, 1.54) is 4.90 Å².